The summed E-state index contributed by atoms with van der Waals surface area (Å²) in [5, 5.41) is 6.46. The summed E-state index contributed by atoms with van der Waals surface area (Å²) in [4.78, 5) is 19.0. The second-order valence-electron chi connectivity index (χ2n) is 5.43. The Labute approximate surface area is 119 Å². The zero-order chi connectivity index (χ0) is 13.9. The van der Waals surface area contributed by atoms with E-state index in [0.29, 0.717) is 6.54 Å². The maximum Gasteiger partial charge on any atom is 0.230 e. The van der Waals surface area contributed by atoms with Gasteiger partial charge < -0.3 is 10.2 Å². The maximum absolute atomic E-state index is 12.7. The summed E-state index contributed by atoms with van der Waals surface area (Å²) >= 11 is 1.64. The molecule has 106 valence electrons. The Morgan fingerprint density at radius 3 is 2.95 bits per heavy atom. The molecule has 5 heteroatoms. The first-order chi connectivity index (χ1) is 9.07. The standard InChI is InChI=1S/C14H23N3OS/c1-4-14(6-5-7-15-10-14)13(18)17(3)8-12-9-19-11(2)16-12/h9,15H,4-8,10H2,1-3H3. The smallest absolute Gasteiger partial charge is 0.230 e. The number of hydrogen-bond acceptors (Lipinski definition) is 4. The number of hydrogen-bond donors (Lipinski definition) is 1. The van der Waals surface area contributed by atoms with Gasteiger partial charge in [-0.15, -0.1) is 11.3 Å². The van der Waals surface area contributed by atoms with Crippen LogP contribution in [0.4, 0.5) is 0 Å². The van der Waals surface area contributed by atoms with Gasteiger partial charge in [0.25, 0.3) is 0 Å². The minimum atomic E-state index is -0.210. The molecule has 1 saturated heterocycles. The number of aryl methyl sites for hydroxylation is 1. The van der Waals surface area contributed by atoms with Crippen LogP contribution in [-0.2, 0) is 11.3 Å². The van der Waals surface area contributed by atoms with Crippen LogP contribution in [-0.4, -0.2) is 35.9 Å². The Morgan fingerprint density at radius 1 is 1.63 bits per heavy atom. The summed E-state index contributed by atoms with van der Waals surface area (Å²) in [5.74, 6) is 0.257. The Hall–Kier alpha value is -0.940. The number of nitrogens with zero attached hydrogens (tertiary/aromatic N) is 2. The first-order valence-corrected chi connectivity index (χ1v) is 7.82. The summed E-state index contributed by atoms with van der Waals surface area (Å²) in [6.07, 6.45) is 2.98. The van der Waals surface area contributed by atoms with Gasteiger partial charge in [0, 0.05) is 19.0 Å². The van der Waals surface area contributed by atoms with Gasteiger partial charge in [-0.3, -0.25) is 4.79 Å². The van der Waals surface area contributed by atoms with Crippen molar-refractivity contribution in [3.63, 3.8) is 0 Å². The molecular formula is C14H23N3OS. The van der Waals surface area contributed by atoms with E-state index < -0.39 is 0 Å². The molecule has 1 atom stereocenters. The highest BCUT2D eigenvalue weighted by molar-refractivity contribution is 7.09. The van der Waals surface area contributed by atoms with Crippen molar-refractivity contribution in [2.24, 2.45) is 5.41 Å². The SMILES string of the molecule is CCC1(C(=O)N(C)Cc2csc(C)n2)CCCNC1. The second-order valence-corrected chi connectivity index (χ2v) is 6.50. The van der Waals surface area contributed by atoms with Gasteiger partial charge in [-0.1, -0.05) is 6.92 Å². The van der Waals surface area contributed by atoms with E-state index in [1.807, 2.05) is 24.3 Å². The number of thiazole rings is 1. The van der Waals surface area contributed by atoms with Gasteiger partial charge in [0.05, 0.1) is 22.7 Å². The van der Waals surface area contributed by atoms with Crippen LogP contribution in [0.2, 0.25) is 0 Å². The molecule has 1 aliphatic heterocycles. The molecular weight excluding hydrogens is 258 g/mol. The Kier molecular flexibility index (Phi) is 4.58. The van der Waals surface area contributed by atoms with Gasteiger partial charge in [-0.05, 0) is 32.7 Å². The van der Waals surface area contributed by atoms with Crippen LogP contribution in [0.3, 0.4) is 0 Å². The van der Waals surface area contributed by atoms with Crippen LogP contribution in [0, 0.1) is 12.3 Å². The summed E-state index contributed by atoms with van der Waals surface area (Å²) in [6.45, 7) is 6.57. The zero-order valence-corrected chi connectivity index (χ0v) is 12.8. The minimum absolute atomic E-state index is 0.210. The first-order valence-electron chi connectivity index (χ1n) is 6.95. The fraction of sp³-hybridized carbons (Fsp3) is 0.714. The van der Waals surface area contributed by atoms with E-state index in [9.17, 15) is 4.79 Å². The molecule has 2 rings (SSSR count). The van der Waals surface area contributed by atoms with E-state index >= 15 is 0 Å². The Balaban J connectivity index is 2.04. The first kappa shape index (κ1) is 14.5. The van der Waals surface area contributed by atoms with Crippen LogP contribution < -0.4 is 5.32 Å². The van der Waals surface area contributed by atoms with Gasteiger partial charge in [-0.2, -0.15) is 0 Å². The lowest BCUT2D eigenvalue weighted by molar-refractivity contribution is -0.142. The summed E-state index contributed by atoms with van der Waals surface area (Å²) in [6, 6.07) is 0. The number of nitrogens with one attached hydrogen (secondary N) is 1. The molecule has 1 aromatic rings. The molecule has 0 aromatic carbocycles. The number of carbonyl (C=O) groups is 1. The zero-order valence-electron chi connectivity index (χ0n) is 12.0. The van der Waals surface area contributed by atoms with E-state index in [4.69, 9.17) is 0 Å². The van der Waals surface area contributed by atoms with Crippen molar-refractivity contribution in [1.29, 1.82) is 0 Å². The monoisotopic (exact) mass is 281 g/mol. The van der Waals surface area contributed by atoms with Crippen molar-refractivity contribution >= 4 is 17.2 Å². The number of amides is 1. The number of piperidine rings is 1. The molecule has 0 bridgehead atoms. The Morgan fingerprint density at radius 2 is 2.42 bits per heavy atom. The van der Waals surface area contributed by atoms with Crippen molar-refractivity contribution in [1.82, 2.24) is 15.2 Å². The van der Waals surface area contributed by atoms with Gasteiger partial charge in [0.2, 0.25) is 5.91 Å². The summed E-state index contributed by atoms with van der Waals surface area (Å²) in [7, 11) is 1.89. The number of aromatic nitrogens is 1. The van der Waals surface area contributed by atoms with Crippen LogP contribution in [0.1, 0.15) is 36.9 Å². The predicted molar refractivity (Wildman–Crippen MR) is 78.2 cm³/mol. The van der Waals surface area contributed by atoms with E-state index in [1.54, 1.807) is 11.3 Å². The number of rotatable bonds is 4. The predicted octanol–water partition coefficient (Wildman–Crippen LogP) is 2.19. The highest BCUT2D eigenvalue weighted by atomic mass is 32.1. The molecule has 2 heterocycles. The maximum atomic E-state index is 12.7. The Bertz CT molecular complexity index is 438. The van der Waals surface area contributed by atoms with Gasteiger partial charge in [-0.25, -0.2) is 4.98 Å². The van der Waals surface area contributed by atoms with Crippen LogP contribution in [0.15, 0.2) is 5.38 Å². The molecule has 1 N–H and O–H groups in total. The van der Waals surface area contributed by atoms with Crippen LogP contribution >= 0.6 is 11.3 Å². The van der Waals surface area contributed by atoms with Crippen molar-refractivity contribution < 1.29 is 4.79 Å². The molecule has 0 aliphatic carbocycles. The largest absolute Gasteiger partial charge is 0.339 e. The lowest BCUT2D eigenvalue weighted by atomic mass is 9.77. The fourth-order valence-electron chi connectivity index (χ4n) is 2.80. The average Bonchev–Trinajstić information content (AvgIpc) is 2.84. The van der Waals surface area contributed by atoms with Gasteiger partial charge in [0.15, 0.2) is 0 Å². The van der Waals surface area contributed by atoms with E-state index in [2.05, 4.69) is 17.2 Å². The molecule has 19 heavy (non-hydrogen) atoms. The number of carbonyl (C=O) groups excluding carboxylic acids is 1. The molecule has 1 amide bonds. The van der Waals surface area contributed by atoms with Crippen molar-refractivity contribution in [2.75, 3.05) is 20.1 Å². The van der Waals surface area contributed by atoms with Crippen LogP contribution in [0.5, 0.6) is 0 Å². The summed E-state index contributed by atoms with van der Waals surface area (Å²) < 4.78 is 0. The van der Waals surface area contributed by atoms with Crippen molar-refractivity contribution in [2.45, 2.75) is 39.7 Å². The molecule has 0 saturated carbocycles. The highest BCUT2D eigenvalue weighted by Crippen LogP contribution is 2.32. The molecule has 0 radical (unpaired) electrons. The lowest BCUT2D eigenvalue weighted by Gasteiger charge is -2.38. The highest BCUT2D eigenvalue weighted by Gasteiger charge is 2.39. The average molecular weight is 281 g/mol. The quantitative estimate of drug-likeness (QED) is 0.920. The molecule has 1 fully saturated rings. The third-order valence-corrected chi connectivity index (χ3v) is 4.84. The molecule has 1 aliphatic rings. The third-order valence-electron chi connectivity index (χ3n) is 4.02. The van der Waals surface area contributed by atoms with Gasteiger partial charge in [0.1, 0.15) is 0 Å². The second kappa shape index (κ2) is 6.01. The van der Waals surface area contributed by atoms with E-state index in [1.165, 1.54) is 0 Å². The lowest BCUT2D eigenvalue weighted by Crippen LogP contribution is -2.50. The van der Waals surface area contributed by atoms with Crippen molar-refractivity contribution in [3.8, 4) is 0 Å². The van der Waals surface area contributed by atoms with E-state index in [-0.39, 0.29) is 11.3 Å². The van der Waals surface area contributed by atoms with Crippen LogP contribution in [0.25, 0.3) is 0 Å². The third kappa shape index (κ3) is 3.15. The molecule has 1 unspecified atom stereocenters. The molecule has 1 aromatic heterocycles. The normalized spacial score (nSPS) is 23.3. The molecule has 0 spiro atoms. The topological polar surface area (TPSA) is 45.2 Å². The van der Waals surface area contributed by atoms with E-state index in [0.717, 1.165) is 43.1 Å². The fourth-order valence-corrected chi connectivity index (χ4v) is 3.41. The van der Waals surface area contributed by atoms with Gasteiger partial charge >= 0.3 is 0 Å². The molecule has 4 nitrogen and oxygen atoms in total. The minimum Gasteiger partial charge on any atom is -0.339 e. The summed E-state index contributed by atoms with van der Waals surface area (Å²) in [5.41, 5.74) is 0.784. The van der Waals surface area contributed by atoms with Crippen molar-refractivity contribution in [3.05, 3.63) is 16.1 Å².